The first-order valence-corrected chi connectivity index (χ1v) is 14.2. The smallest absolute Gasteiger partial charge is 0.229 e. The zero-order valence-corrected chi connectivity index (χ0v) is 25.5. The molecule has 41 heavy (non-hydrogen) atoms. The Hall–Kier alpha value is -4.17. The molecule has 1 amide bonds. The average molecular weight is 568 g/mol. The number of aryl methyl sites for hydroxylation is 2. The Morgan fingerprint density at radius 3 is 2.44 bits per heavy atom. The highest BCUT2D eigenvalue weighted by Crippen LogP contribution is 2.45. The van der Waals surface area contributed by atoms with Crippen molar-refractivity contribution in [3.63, 3.8) is 0 Å². The van der Waals surface area contributed by atoms with Gasteiger partial charge in [-0.2, -0.15) is 0 Å². The minimum Gasteiger partial charge on any atom is -0.494 e. The Balaban J connectivity index is 1.63. The second-order valence-corrected chi connectivity index (χ2v) is 12.0. The van der Waals surface area contributed by atoms with E-state index in [0.717, 1.165) is 34.0 Å². The summed E-state index contributed by atoms with van der Waals surface area (Å²) in [5.41, 5.74) is 7.60. The molecule has 0 spiro atoms. The van der Waals surface area contributed by atoms with Crippen LogP contribution in [0.3, 0.4) is 0 Å². The summed E-state index contributed by atoms with van der Waals surface area (Å²) in [5, 5.41) is 7.15. The summed E-state index contributed by atoms with van der Waals surface area (Å²) in [7, 11) is 1.61. The van der Waals surface area contributed by atoms with E-state index in [0.29, 0.717) is 16.5 Å². The fraction of sp³-hybridized carbons (Fsp3) is 0.303. The van der Waals surface area contributed by atoms with E-state index in [2.05, 4.69) is 71.2 Å². The Labute approximate surface area is 247 Å². The van der Waals surface area contributed by atoms with Gasteiger partial charge in [0.1, 0.15) is 5.75 Å². The third kappa shape index (κ3) is 5.44. The van der Waals surface area contributed by atoms with Crippen molar-refractivity contribution in [2.75, 3.05) is 17.3 Å². The number of carbonyl (C=O) groups excluding carboxylic acids is 1. The van der Waals surface area contributed by atoms with E-state index in [1.54, 1.807) is 7.11 Å². The molecule has 5 rings (SSSR count). The maximum Gasteiger partial charge on any atom is 0.229 e. The maximum atomic E-state index is 12.7. The van der Waals surface area contributed by atoms with Crippen LogP contribution in [0, 0.1) is 26.2 Å². The van der Waals surface area contributed by atoms with Crippen molar-refractivity contribution in [3.05, 3.63) is 101 Å². The summed E-state index contributed by atoms with van der Waals surface area (Å²) < 4.78 is 8.04. The molecule has 2 atom stereocenters. The van der Waals surface area contributed by atoms with Gasteiger partial charge in [-0.1, -0.05) is 39.0 Å². The van der Waals surface area contributed by atoms with Crippen molar-refractivity contribution in [2.45, 2.75) is 53.6 Å². The number of anilines is 2. The standard InChI is InChI=1S/C33H37N5O2S/c1-20-11-10-12-23(17-20)37-21(2)18-25(22(37)3)30-29(27-13-8-9-16-34-27)36-32(41)38(30)24-14-15-26(28(19-24)40-7)35-31(39)33(4,5)6/h8-19,29-30H,1-7H3,(H,35,39)(H,36,41)/t29-,30-/m1/s1. The number of nitrogens with one attached hydrogen (secondary N) is 2. The zero-order chi connectivity index (χ0) is 29.5. The first-order valence-electron chi connectivity index (χ1n) is 13.8. The summed E-state index contributed by atoms with van der Waals surface area (Å²) in [6.45, 7) is 12.0. The highest BCUT2D eigenvalue weighted by molar-refractivity contribution is 7.80. The molecule has 0 radical (unpaired) electrons. The molecule has 3 heterocycles. The Morgan fingerprint density at radius 1 is 1.00 bits per heavy atom. The van der Waals surface area contributed by atoms with Gasteiger partial charge in [-0.15, -0.1) is 0 Å². The van der Waals surface area contributed by atoms with Crippen molar-refractivity contribution in [1.82, 2.24) is 14.9 Å². The van der Waals surface area contributed by atoms with Crippen LogP contribution >= 0.6 is 12.2 Å². The Kier molecular flexibility index (Phi) is 7.62. The van der Waals surface area contributed by atoms with E-state index in [1.807, 2.05) is 63.4 Å². The van der Waals surface area contributed by atoms with Crippen LogP contribution in [0.15, 0.2) is 72.9 Å². The van der Waals surface area contributed by atoms with Crippen LogP contribution in [0.2, 0.25) is 0 Å². The minimum atomic E-state index is -0.537. The van der Waals surface area contributed by atoms with E-state index in [-0.39, 0.29) is 18.0 Å². The van der Waals surface area contributed by atoms with Gasteiger partial charge < -0.3 is 24.8 Å². The quantitative estimate of drug-likeness (QED) is 0.245. The summed E-state index contributed by atoms with van der Waals surface area (Å²) >= 11 is 5.97. The van der Waals surface area contributed by atoms with Gasteiger partial charge in [0, 0.05) is 40.4 Å². The largest absolute Gasteiger partial charge is 0.494 e. The lowest BCUT2D eigenvalue weighted by Gasteiger charge is -2.29. The van der Waals surface area contributed by atoms with Crippen LogP contribution in [-0.2, 0) is 4.79 Å². The van der Waals surface area contributed by atoms with E-state index in [4.69, 9.17) is 21.9 Å². The molecule has 7 nitrogen and oxygen atoms in total. The van der Waals surface area contributed by atoms with Crippen molar-refractivity contribution in [2.24, 2.45) is 5.41 Å². The average Bonchev–Trinajstić information content (AvgIpc) is 3.43. The first kappa shape index (κ1) is 28.4. The van der Waals surface area contributed by atoms with E-state index in [9.17, 15) is 4.79 Å². The fourth-order valence-corrected chi connectivity index (χ4v) is 5.79. The lowest BCUT2D eigenvalue weighted by Crippen LogP contribution is -2.30. The van der Waals surface area contributed by atoms with Crippen molar-refractivity contribution in [3.8, 4) is 11.4 Å². The Bertz CT molecular complexity index is 1610. The van der Waals surface area contributed by atoms with Crippen LogP contribution < -0.4 is 20.3 Å². The molecule has 1 fully saturated rings. The number of amides is 1. The minimum absolute atomic E-state index is 0.0846. The number of benzene rings is 2. The molecule has 1 saturated heterocycles. The number of rotatable bonds is 6. The summed E-state index contributed by atoms with van der Waals surface area (Å²) in [6.07, 6.45) is 1.81. The lowest BCUT2D eigenvalue weighted by molar-refractivity contribution is -0.123. The second-order valence-electron chi connectivity index (χ2n) is 11.6. The summed E-state index contributed by atoms with van der Waals surface area (Å²) in [4.78, 5) is 19.6. The van der Waals surface area contributed by atoms with Crippen molar-refractivity contribution < 1.29 is 9.53 Å². The molecular weight excluding hydrogens is 530 g/mol. The zero-order valence-electron chi connectivity index (χ0n) is 24.6. The Morgan fingerprint density at radius 2 is 1.78 bits per heavy atom. The number of nitrogens with zero attached hydrogens (tertiary/aromatic N) is 3. The number of ether oxygens (including phenoxy) is 1. The van der Waals surface area contributed by atoms with Gasteiger partial charge in [0.05, 0.1) is 30.6 Å². The lowest BCUT2D eigenvalue weighted by atomic mass is 9.95. The molecule has 0 bridgehead atoms. The summed E-state index contributed by atoms with van der Waals surface area (Å²) in [6, 6.07) is 22.2. The van der Waals surface area contributed by atoms with Gasteiger partial charge in [0.25, 0.3) is 0 Å². The number of hydrogen-bond acceptors (Lipinski definition) is 4. The number of aromatic nitrogens is 2. The van der Waals surface area contributed by atoms with Crippen molar-refractivity contribution >= 4 is 34.6 Å². The molecular formula is C33H37N5O2S. The number of thiocarbonyl (C=S) groups is 1. The van der Waals surface area contributed by atoms with E-state index in [1.165, 1.54) is 5.56 Å². The molecule has 1 aliphatic heterocycles. The highest BCUT2D eigenvalue weighted by Gasteiger charge is 2.42. The van der Waals surface area contributed by atoms with Crippen molar-refractivity contribution in [1.29, 1.82) is 0 Å². The molecule has 212 valence electrons. The van der Waals surface area contributed by atoms with Crippen LogP contribution in [-0.4, -0.2) is 27.7 Å². The van der Waals surface area contributed by atoms with Crippen LogP contribution in [0.5, 0.6) is 5.75 Å². The topological polar surface area (TPSA) is 71.4 Å². The van der Waals surface area contributed by atoms with Crippen LogP contribution in [0.4, 0.5) is 11.4 Å². The molecule has 4 aromatic rings. The molecule has 0 aliphatic carbocycles. The van der Waals surface area contributed by atoms with Gasteiger partial charge in [0.15, 0.2) is 5.11 Å². The molecule has 2 N–H and O–H groups in total. The molecule has 8 heteroatoms. The fourth-order valence-electron chi connectivity index (χ4n) is 5.44. The van der Waals surface area contributed by atoms with Crippen LogP contribution in [0.25, 0.3) is 5.69 Å². The molecule has 2 aromatic carbocycles. The monoisotopic (exact) mass is 567 g/mol. The number of hydrogen-bond donors (Lipinski definition) is 2. The molecule has 1 aliphatic rings. The molecule has 2 aromatic heterocycles. The first-order chi connectivity index (χ1) is 19.5. The molecule has 0 unspecified atom stereocenters. The van der Waals surface area contributed by atoms with Gasteiger partial charge in [-0.05, 0) is 86.6 Å². The number of carbonyl (C=O) groups is 1. The van der Waals surface area contributed by atoms with E-state index >= 15 is 0 Å². The molecule has 0 saturated carbocycles. The predicted molar refractivity (Wildman–Crippen MR) is 169 cm³/mol. The van der Waals surface area contributed by atoms with E-state index < -0.39 is 5.41 Å². The van der Waals surface area contributed by atoms with Gasteiger partial charge in [0.2, 0.25) is 5.91 Å². The number of pyridine rings is 1. The highest BCUT2D eigenvalue weighted by atomic mass is 32.1. The second kappa shape index (κ2) is 11.0. The van der Waals surface area contributed by atoms with Crippen LogP contribution in [0.1, 0.15) is 61.1 Å². The third-order valence-electron chi connectivity index (χ3n) is 7.54. The van der Waals surface area contributed by atoms with Gasteiger partial charge in [-0.25, -0.2) is 0 Å². The predicted octanol–water partition coefficient (Wildman–Crippen LogP) is 6.97. The SMILES string of the molecule is COc1cc(N2C(=S)N[C@H](c3ccccn3)[C@H]2c2cc(C)n(-c3cccc(C)c3)c2C)ccc1NC(=O)C(C)(C)C. The van der Waals surface area contributed by atoms with Gasteiger partial charge >= 0.3 is 0 Å². The normalized spacial score (nSPS) is 17.0. The third-order valence-corrected chi connectivity index (χ3v) is 7.85. The van der Waals surface area contributed by atoms with Gasteiger partial charge in [-0.3, -0.25) is 9.78 Å². The maximum absolute atomic E-state index is 12.7. The summed E-state index contributed by atoms with van der Waals surface area (Å²) in [5.74, 6) is 0.478. The number of methoxy groups -OCH3 is 1.